The normalized spacial score (nSPS) is 32.3. The molecular weight excluding hydrogens is 641 g/mol. The zero-order valence-corrected chi connectivity index (χ0v) is 33.7. The van der Waals surface area contributed by atoms with Gasteiger partial charge >= 0.3 is 11.9 Å². The highest BCUT2D eigenvalue weighted by molar-refractivity contribution is 6.74. The van der Waals surface area contributed by atoms with Crippen molar-refractivity contribution in [1.29, 1.82) is 0 Å². The summed E-state index contributed by atoms with van der Waals surface area (Å²) >= 11 is 0. The maximum Gasteiger partial charge on any atom is 0.336 e. The van der Waals surface area contributed by atoms with Crippen LogP contribution in [0, 0.1) is 23.7 Å². The third-order valence-electron chi connectivity index (χ3n) is 12.2. The molecule has 2 saturated heterocycles. The molecule has 0 aromatic rings. The molecule has 0 radical (unpaired) electrons. The van der Waals surface area contributed by atoms with Gasteiger partial charge in [-0.05, 0) is 86.8 Å². The summed E-state index contributed by atoms with van der Waals surface area (Å²) < 4.78 is 38.0. The van der Waals surface area contributed by atoms with Crippen LogP contribution in [0.5, 0.6) is 0 Å². The van der Waals surface area contributed by atoms with Gasteiger partial charge < -0.3 is 27.8 Å². The standard InChI is InChI=1S/C38H64O8Si2/c1-23-19-30(44-35(39)24(2)22-42-47(11,12)37(5,6)7)33-28(20-25(3)43-31-17-15-16-18-41-31)36(40)45-34(33)32-26(4)29(21-27(23)32)46-48(13,14)38(8,9)10/h25,27-34H,1-2,4,15-22H2,3,5-14H3/t25?,27-,28+,29-,30-,31?,32-,33+,34+/m0/s1. The summed E-state index contributed by atoms with van der Waals surface area (Å²) in [5, 5.41) is 0.0303. The van der Waals surface area contributed by atoms with Gasteiger partial charge in [-0.1, -0.05) is 66.9 Å². The topological polar surface area (TPSA) is 89.5 Å². The highest BCUT2D eigenvalue weighted by Gasteiger charge is 2.60. The molecule has 0 N–H and O–H groups in total. The van der Waals surface area contributed by atoms with Gasteiger partial charge in [0.25, 0.3) is 0 Å². The molecule has 10 heteroatoms. The summed E-state index contributed by atoms with van der Waals surface area (Å²) in [5.41, 5.74) is 2.20. The van der Waals surface area contributed by atoms with Crippen molar-refractivity contribution in [1.82, 2.24) is 0 Å². The van der Waals surface area contributed by atoms with Crippen LogP contribution in [0.2, 0.25) is 36.3 Å². The van der Waals surface area contributed by atoms with Crippen molar-refractivity contribution >= 4 is 28.6 Å². The lowest BCUT2D eigenvalue weighted by atomic mass is 9.77. The Labute approximate surface area is 292 Å². The minimum Gasteiger partial charge on any atom is -0.461 e. The van der Waals surface area contributed by atoms with E-state index in [1.165, 1.54) is 0 Å². The fourth-order valence-corrected chi connectivity index (χ4v) is 9.44. The number of hydrogen-bond donors (Lipinski definition) is 0. The fraction of sp³-hybridized carbons (Fsp3) is 0.789. The minimum atomic E-state index is -2.11. The summed E-state index contributed by atoms with van der Waals surface area (Å²) in [6.07, 6.45) is 2.71. The minimum absolute atomic E-state index is 0.00412. The van der Waals surface area contributed by atoms with E-state index in [9.17, 15) is 9.59 Å². The Morgan fingerprint density at radius 3 is 2.25 bits per heavy atom. The molecule has 2 unspecified atom stereocenters. The van der Waals surface area contributed by atoms with E-state index in [1.807, 2.05) is 6.92 Å². The molecule has 4 fully saturated rings. The van der Waals surface area contributed by atoms with E-state index < -0.39 is 46.6 Å². The van der Waals surface area contributed by atoms with Crippen molar-refractivity contribution in [3.05, 3.63) is 36.5 Å². The molecule has 0 amide bonds. The largest absolute Gasteiger partial charge is 0.461 e. The molecule has 2 saturated carbocycles. The number of fused-ring (bicyclic) bond motifs is 3. The Morgan fingerprint density at radius 2 is 1.67 bits per heavy atom. The zero-order valence-electron chi connectivity index (χ0n) is 31.7. The van der Waals surface area contributed by atoms with Gasteiger partial charge in [0, 0.05) is 24.9 Å². The molecule has 0 aromatic carbocycles. The van der Waals surface area contributed by atoms with Gasteiger partial charge in [-0.2, -0.15) is 0 Å². The highest BCUT2D eigenvalue weighted by Crippen LogP contribution is 2.55. The molecule has 2 aliphatic carbocycles. The Balaban J connectivity index is 1.60. The highest BCUT2D eigenvalue weighted by atomic mass is 28.4. The SMILES string of the molecule is C=C(CO[Si](C)(C)C(C)(C)C)C(=O)O[C@H]1CC(=C)[C@@H]2C[C@H](O[Si](C)(C)C(C)(C)C)C(=C)[C@@H]2[C@H]2OC(=O)[C@H](CC(C)OC3CCCCO3)[C@@H]21. The number of hydrogen-bond acceptors (Lipinski definition) is 8. The summed E-state index contributed by atoms with van der Waals surface area (Å²) in [5.74, 6) is -1.87. The third kappa shape index (κ3) is 8.48. The predicted octanol–water partition coefficient (Wildman–Crippen LogP) is 8.50. The van der Waals surface area contributed by atoms with Crippen molar-refractivity contribution in [2.45, 2.75) is 154 Å². The lowest BCUT2D eigenvalue weighted by molar-refractivity contribution is -0.189. The van der Waals surface area contributed by atoms with Gasteiger partial charge in [0.15, 0.2) is 22.9 Å². The summed E-state index contributed by atoms with van der Waals surface area (Å²) in [4.78, 5) is 27.5. The van der Waals surface area contributed by atoms with E-state index in [0.29, 0.717) is 19.4 Å². The van der Waals surface area contributed by atoms with Crippen LogP contribution in [0.15, 0.2) is 36.5 Å². The Bertz CT molecular complexity index is 1240. The maximum atomic E-state index is 13.8. The van der Waals surface area contributed by atoms with Crippen molar-refractivity contribution in [2.75, 3.05) is 13.2 Å². The predicted molar refractivity (Wildman–Crippen MR) is 194 cm³/mol. The molecular formula is C38H64O8Si2. The van der Waals surface area contributed by atoms with Crippen molar-refractivity contribution in [3.8, 4) is 0 Å². The van der Waals surface area contributed by atoms with Gasteiger partial charge in [0.1, 0.15) is 12.2 Å². The first-order chi connectivity index (χ1) is 22.0. The molecule has 4 rings (SSSR count). The average molecular weight is 705 g/mol. The Kier molecular flexibility index (Phi) is 11.9. The van der Waals surface area contributed by atoms with Crippen LogP contribution in [-0.2, 0) is 37.4 Å². The molecule has 272 valence electrons. The second-order valence-corrected chi connectivity index (χ2v) is 27.4. The number of rotatable bonds is 11. The summed E-state index contributed by atoms with van der Waals surface area (Å²) in [7, 11) is -4.22. The first-order valence-electron chi connectivity index (χ1n) is 18.1. The second-order valence-electron chi connectivity index (χ2n) is 17.8. The van der Waals surface area contributed by atoms with Gasteiger partial charge in [-0.15, -0.1) is 0 Å². The summed E-state index contributed by atoms with van der Waals surface area (Å²) in [6.45, 7) is 37.9. The second kappa shape index (κ2) is 14.6. The number of carbonyl (C=O) groups excluding carboxylic acids is 2. The Morgan fingerprint density at radius 1 is 1.02 bits per heavy atom. The quantitative estimate of drug-likeness (QED) is 0.0916. The zero-order chi connectivity index (χ0) is 36.0. The smallest absolute Gasteiger partial charge is 0.336 e. The van der Waals surface area contributed by atoms with E-state index in [-0.39, 0.29) is 58.6 Å². The fourth-order valence-electron chi connectivity index (χ4n) is 7.16. The van der Waals surface area contributed by atoms with E-state index >= 15 is 0 Å². The molecule has 2 heterocycles. The number of ether oxygens (including phenoxy) is 4. The molecule has 9 atom stereocenters. The third-order valence-corrected chi connectivity index (χ3v) is 21.2. The van der Waals surface area contributed by atoms with Crippen LogP contribution < -0.4 is 0 Å². The van der Waals surface area contributed by atoms with E-state index in [4.69, 9.17) is 27.8 Å². The lowest BCUT2D eigenvalue weighted by Crippen LogP contribution is -2.44. The van der Waals surface area contributed by atoms with E-state index in [2.05, 4.69) is 87.5 Å². The van der Waals surface area contributed by atoms with Crippen LogP contribution in [0.4, 0.5) is 0 Å². The van der Waals surface area contributed by atoms with Crippen LogP contribution in [0.3, 0.4) is 0 Å². The monoisotopic (exact) mass is 704 g/mol. The van der Waals surface area contributed by atoms with Gasteiger partial charge in [0.2, 0.25) is 0 Å². The average Bonchev–Trinajstić information content (AvgIpc) is 3.41. The number of carbonyl (C=O) groups is 2. The molecule has 4 aliphatic rings. The molecule has 48 heavy (non-hydrogen) atoms. The van der Waals surface area contributed by atoms with Crippen molar-refractivity contribution in [3.63, 3.8) is 0 Å². The first kappa shape index (κ1) is 39.2. The lowest BCUT2D eigenvalue weighted by Gasteiger charge is -2.39. The molecule has 0 bridgehead atoms. The number of esters is 2. The Hall–Kier alpha value is -1.57. The van der Waals surface area contributed by atoms with Gasteiger partial charge in [-0.25, -0.2) is 4.79 Å². The van der Waals surface area contributed by atoms with Gasteiger partial charge in [0.05, 0.1) is 30.3 Å². The van der Waals surface area contributed by atoms with Gasteiger partial charge in [-0.3, -0.25) is 4.79 Å². The first-order valence-corrected chi connectivity index (χ1v) is 23.9. The van der Waals surface area contributed by atoms with E-state index in [0.717, 1.165) is 36.8 Å². The molecule has 0 aromatic heterocycles. The van der Waals surface area contributed by atoms with Crippen molar-refractivity contribution < 1.29 is 37.4 Å². The van der Waals surface area contributed by atoms with E-state index in [1.54, 1.807) is 0 Å². The van der Waals surface area contributed by atoms with Crippen LogP contribution in [0.25, 0.3) is 0 Å². The van der Waals surface area contributed by atoms with Crippen molar-refractivity contribution in [2.24, 2.45) is 23.7 Å². The summed E-state index contributed by atoms with van der Waals surface area (Å²) in [6, 6.07) is 0. The molecule has 8 nitrogen and oxygen atoms in total. The van der Waals surface area contributed by atoms with Crippen LogP contribution in [0.1, 0.15) is 87.0 Å². The van der Waals surface area contributed by atoms with Crippen LogP contribution >= 0.6 is 0 Å². The molecule has 0 spiro atoms. The van der Waals surface area contributed by atoms with Crippen LogP contribution in [-0.4, -0.2) is 72.5 Å². The molecule has 2 aliphatic heterocycles. The maximum absolute atomic E-state index is 13.8.